The lowest BCUT2D eigenvalue weighted by Gasteiger charge is -2.65. The molecule has 1 fully saturated rings. The van der Waals surface area contributed by atoms with Gasteiger partial charge in [0, 0.05) is 0 Å². The molecule has 24 heavy (non-hydrogen) atoms. The summed E-state index contributed by atoms with van der Waals surface area (Å²) in [5, 5.41) is 0. The topological polar surface area (TPSA) is 0 Å². The second-order valence-corrected chi connectivity index (χ2v) is 10.6. The van der Waals surface area contributed by atoms with Gasteiger partial charge < -0.3 is 0 Å². The summed E-state index contributed by atoms with van der Waals surface area (Å²) in [6, 6.07) is 0. The van der Waals surface area contributed by atoms with Gasteiger partial charge in [0.05, 0.1) is 0 Å². The smallest absolute Gasteiger partial charge is 0.0244 e. The molecule has 0 N–H and O–H groups in total. The second kappa shape index (κ2) is 8.13. The molecule has 0 bridgehead atoms. The van der Waals surface area contributed by atoms with Crippen LogP contribution in [-0.4, -0.2) is 0 Å². The van der Waals surface area contributed by atoms with Gasteiger partial charge in [-0.15, -0.1) is 0 Å². The maximum absolute atomic E-state index is 2.60. The summed E-state index contributed by atoms with van der Waals surface area (Å²) in [4.78, 5) is 0. The van der Waals surface area contributed by atoms with E-state index in [2.05, 4.69) is 62.3 Å². The fourth-order valence-electron chi connectivity index (χ4n) is 5.78. The molecule has 1 aliphatic rings. The van der Waals surface area contributed by atoms with Crippen molar-refractivity contribution in [1.82, 2.24) is 0 Å². The standard InChI is InChI=1S/C24H48/c1-10-13-14-15-16-20-18-24(9,19-20)22(6,7)21(4,5)23(8,12-3)17-11-2/h20H,10-19H2,1-9H3. The largest absolute Gasteiger partial charge is 0.0654 e. The molecule has 0 aliphatic heterocycles. The van der Waals surface area contributed by atoms with Crippen molar-refractivity contribution in [3.63, 3.8) is 0 Å². The molecule has 1 aliphatic carbocycles. The van der Waals surface area contributed by atoms with Gasteiger partial charge in [0.25, 0.3) is 0 Å². The Morgan fingerprint density at radius 2 is 1.42 bits per heavy atom. The minimum Gasteiger partial charge on any atom is -0.0654 e. The molecule has 1 rings (SSSR count). The van der Waals surface area contributed by atoms with Crippen LogP contribution in [0.5, 0.6) is 0 Å². The first kappa shape index (κ1) is 22.0. The fourth-order valence-corrected chi connectivity index (χ4v) is 5.78. The molecule has 0 aromatic carbocycles. The van der Waals surface area contributed by atoms with Gasteiger partial charge in [-0.1, -0.05) is 107 Å². The number of hydrogen-bond acceptors (Lipinski definition) is 0. The zero-order valence-electron chi connectivity index (χ0n) is 18.6. The maximum Gasteiger partial charge on any atom is -0.0244 e. The van der Waals surface area contributed by atoms with E-state index in [4.69, 9.17) is 0 Å². The van der Waals surface area contributed by atoms with E-state index in [1.807, 2.05) is 0 Å². The molecule has 0 heterocycles. The Hall–Kier alpha value is 0. The monoisotopic (exact) mass is 336 g/mol. The molecule has 1 unspecified atom stereocenters. The summed E-state index contributed by atoms with van der Waals surface area (Å²) in [6.07, 6.45) is 14.1. The Morgan fingerprint density at radius 3 is 1.88 bits per heavy atom. The summed E-state index contributed by atoms with van der Waals surface area (Å²) in [6.45, 7) is 22.6. The van der Waals surface area contributed by atoms with Gasteiger partial charge in [0.1, 0.15) is 0 Å². The lowest BCUT2D eigenvalue weighted by molar-refractivity contribution is -0.162. The summed E-state index contributed by atoms with van der Waals surface area (Å²) < 4.78 is 0. The van der Waals surface area contributed by atoms with Crippen LogP contribution in [0.25, 0.3) is 0 Å². The van der Waals surface area contributed by atoms with Crippen LogP contribution < -0.4 is 0 Å². The van der Waals surface area contributed by atoms with E-state index in [0.29, 0.717) is 21.7 Å². The third-order valence-corrected chi connectivity index (χ3v) is 9.11. The van der Waals surface area contributed by atoms with E-state index < -0.39 is 0 Å². The molecule has 1 atom stereocenters. The zero-order chi connectivity index (χ0) is 18.6. The highest BCUT2D eigenvalue weighted by Crippen LogP contribution is 2.68. The van der Waals surface area contributed by atoms with Gasteiger partial charge in [-0.2, -0.15) is 0 Å². The van der Waals surface area contributed by atoms with Crippen molar-refractivity contribution in [2.75, 3.05) is 0 Å². The molecule has 0 aromatic heterocycles. The summed E-state index contributed by atoms with van der Waals surface area (Å²) >= 11 is 0. The van der Waals surface area contributed by atoms with Gasteiger partial charge in [-0.3, -0.25) is 0 Å². The molecule has 0 radical (unpaired) electrons. The van der Waals surface area contributed by atoms with Crippen LogP contribution in [0.3, 0.4) is 0 Å². The minimum absolute atomic E-state index is 0.368. The Labute approximate surface area is 154 Å². The Balaban J connectivity index is 2.77. The predicted octanol–water partition coefficient (Wildman–Crippen LogP) is 8.64. The quantitative estimate of drug-likeness (QED) is 0.331. The number of rotatable bonds is 11. The second-order valence-electron chi connectivity index (χ2n) is 10.6. The normalized spacial score (nSPS) is 27.6. The van der Waals surface area contributed by atoms with Crippen LogP contribution in [-0.2, 0) is 0 Å². The van der Waals surface area contributed by atoms with Crippen molar-refractivity contribution >= 4 is 0 Å². The van der Waals surface area contributed by atoms with Gasteiger partial charge in [0.2, 0.25) is 0 Å². The highest BCUT2D eigenvalue weighted by atomic mass is 14.6. The highest BCUT2D eigenvalue weighted by Gasteiger charge is 2.60. The number of hydrogen-bond donors (Lipinski definition) is 0. The minimum atomic E-state index is 0.368. The average Bonchev–Trinajstić information content (AvgIpc) is 2.48. The first-order valence-corrected chi connectivity index (χ1v) is 11.0. The molecule has 1 saturated carbocycles. The third kappa shape index (κ3) is 3.88. The van der Waals surface area contributed by atoms with Gasteiger partial charge in [-0.25, -0.2) is 0 Å². The molecule has 0 aromatic rings. The van der Waals surface area contributed by atoms with Crippen molar-refractivity contribution in [3.8, 4) is 0 Å². The first-order chi connectivity index (χ1) is 11.0. The maximum atomic E-state index is 2.60. The molecular formula is C24H48. The highest BCUT2D eigenvalue weighted by molar-refractivity contribution is 5.09. The Bertz CT molecular complexity index is 369. The van der Waals surface area contributed by atoms with Crippen molar-refractivity contribution < 1.29 is 0 Å². The van der Waals surface area contributed by atoms with E-state index >= 15 is 0 Å². The Kier molecular flexibility index (Phi) is 7.47. The lowest BCUT2D eigenvalue weighted by Crippen LogP contribution is -2.57. The van der Waals surface area contributed by atoms with E-state index in [1.54, 1.807) is 0 Å². The number of unbranched alkanes of at least 4 members (excludes halogenated alkanes) is 3. The van der Waals surface area contributed by atoms with Crippen LogP contribution >= 0.6 is 0 Å². The van der Waals surface area contributed by atoms with E-state index in [9.17, 15) is 0 Å². The lowest BCUT2D eigenvalue weighted by atomic mass is 9.39. The van der Waals surface area contributed by atoms with E-state index in [0.717, 1.165) is 5.92 Å². The van der Waals surface area contributed by atoms with E-state index in [1.165, 1.54) is 64.2 Å². The summed E-state index contributed by atoms with van der Waals surface area (Å²) in [5.74, 6) is 1.00. The van der Waals surface area contributed by atoms with Crippen LogP contribution in [0.4, 0.5) is 0 Å². The molecule has 0 saturated heterocycles. The predicted molar refractivity (Wildman–Crippen MR) is 110 cm³/mol. The third-order valence-electron chi connectivity index (χ3n) is 9.11. The molecule has 0 nitrogen and oxygen atoms in total. The SMILES string of the molecule is CCCCCCC1CC(C)(C(C)(C)C(C)(C)C(C)(CC)CCC)C1. The first-order valence-electron chi connectivity index (χ1n) is 11.0. The van der Waals surface area contributed by atoms with Crippen molar-refractivity contribution in [2.24, 2.45) is 27.6 Å². The van der Waals surface area contributed by atoms with Crippen LogP contribution in [0, 0.1) is 27.6 Å². The molecular weight excluding hydrogens is 288 g/mol. The molecule has 0 amide bonds. The van der Waals surface area contributed by atoms with Crippen LogP contribution in [0.2, 0.25) is 0 Å². The van der Waals surface area contributed by atoms with Gasteiger partial charge >= 0.3 is 0 Å². The van der Waals surface area contributed by atoms with Crippen molar-refractivity contribution in [1.29, 1.82) is 0 Å². The van der Waals surface area contributed by atoms with E-state index in [-0.39, 0.29) is 0 Å². The fraction of sp³-hybridized carbons (Fsp3) is 1.00. The van der Waals surface area contributed by atoms with Crippen LogP contribution in [0.15, 0.2) is 0 Å². The zero-order valence-corrected chi connectivity index (χ0v) is 18.6. The average molecular weight is 337 g/mol. The summed E-state index contributed by atoms with van der Waals surface area (Å²) in [5.41, 5.74) is 1.73. The van der Waals surface area contributed by atoms with Gasteiger partial charge in [0.15, 0.2) is 0 Å². The molecule has 144 valence electrons. The molecule has 0 heteroatoms. The summed E-state index contributed by atoms with van der Waals surface area (Å²) in [7, 11) is 0. The van der Waals surface area contributed by atoms with Crippen molar-refractivity contribution in [2.45, 2.75) is 127 Å². The van der Waals surface area contributed by atoms with Crippen LogP contribution in [0.1, 0.15) is 127 Å². The Morgan fingerprint density at radius 1 is 0.833 bits per heavy atom. The van der Waals surface area contributed by atoms with Crippen molar-refractivity contribution in [3.05, 3.63) is 0 Å². The molecule has 0 spiro atoms. The van der Waals surface area contributed by atoms with Gasteiger partial charge in [-0.05, 0) is 46.8 Å².